The minimum Gasteiger partial charge on any atom is -0.477 e. The van der Waals surface area contributed by atoms with Crippen molar-refractivity contribution in [2.75, 3.05) is 18.1 Å². The van der Waals surface area contributed by atoms with Gasteiger partial charge in [0.15, 0.2) is 5.16 Å². The largest absolute Gasteiger partial charge is 0.477 e. The van der Waals surface area contributed by atoms with Gasteiger partial charge >= 0.3 is 5.97 Å². The number of thioether (sulfide) groups is 2. The van der Waals surface area contributed by atoms with Crippen LogP contribution in [0.25, 0.3) is 0 Å². The topological polar surface area (TPSA) is 75.1 Å². The highest BCUT2D eigenvalue weighted by Gasteiger charge is 2.22. The van der Waals surface area contributed by atoms with Gasteiger partial charge in [-0.25, -0.2) is 14.8 Å². The van der Waals surface area contributed by atoms with Gasteiger partial charge in [0.05, 0.1) is 0 Å². The van der Waals surface area contributed by atoms with Crippen LogP contribution >= 0.6 is 35.1 Å². The number of benzene rings is 1. The first-order chi connectivity index (χ1) is 13.6. The van der Waals surface area contributed by atoms with Crippen molar-refractivity contribution in [1.82, 2.24) is 9.97 Å². The van der Waals surface area contributed by atoms with Crippen molar-refractivity contribution in [1.29, 1.82) is 0 Å². The van der Waals surface area contributed by atoms with Crippen molar-refractivity contribution < 1.29 is 9.90 Å². The van der Waals surface area contributed by atoms with Gasteiger partial charge in [-0.1, -0.05) is 54.8 Å². The van der Waals surface area contributed by atoms with E-state index in [1.54, 1.807) is 0 Å². The predicted molar refractivity (Wildman–Crippen MR) is 117 cm³/mol. The Balaban J connectivity index is 1.80. The summed E-state index contributed by atoms with van der Waals surface area (Å²) < 4.78 is 0. The molecule has 2 aromatic rings. The quantitative estimate of drug-likeness (QED) is 0.305. The molecule has 0 spiro atoms. The molecular weight excluding hydrogens is 414 g/mol. The zero-order chi connectivity index (χ0) is 19.9. The van der Waals surface area contributed by atoms with E-state index < -0.39 is 5.97 Å². The third-order valence-corrected chi connectivity index (χ3v) is 6.67. The van der Waals surface area contributed by atoms with Crippen molar-refractivity contribution in [3.8, 4) is 0 Å². The predicted octanol–water partition coefficient (Wildman–Crippen LogP) is 5.83. The summed E-state index contributed by atoms with van der Waals surface area (Å²) in [6, 6.07) is 7.55. The number of nitrogens with zero attached hydrogens (tertiary/aromatic N) is 2. The summed E-state index contributed by atoms with van der Waals surface area (Å²) in [5, 5.41) is 14.9. The molecule has 1 aliphatic carbocycles. The Morgan fingerprint density at radius 2 is 1.93 bits per heavy atom. The fourth-order valence-electron chi connectivity index (χ4n) is 3.30. The number of hydrogen-bond donors (Lipinski definition) is 2. The van der Waals surface area contributed by atoms with Crippen molar-refractivity contribution in [2.45, 2.75) is 48.0 Å². The molecule has 150 valence electrons. The van der Waals surface area contributed by atoms with Crippen molar-refractivity contribution in [3.63, 3.8) is 0 Å². The molecule has 1 aromatic carbocycles. The Morgan fingerprint density at radius 1 is 1.21 bits per heavy atom. The zero-order valence-corrected chi connectivity index (χ0v) is 18.2. The summed E-state index contributed by atoms with van der Waals surface area (Å²) in [4.78, 5) is 20.9. The number of halogens is 1. The van der Waals surface area contributed by atoms with E-state index in [9.17, 15) is 9.90 Å². The molecule has 1 fully saturated rings. The molecule has 28 heavy (non-hydrogen) atoms. The summed E-state index contributed by atoms with van der Waals surface area (Å²) in [5.41, 5.74) is 1.22. The molecule has 1 aliphatic rings. The normalized spacial score (nSPS) is 14.8. The van der Waals surface area contributed by atoms with Crippen LogP contribution in [0.1, 0.15) is 48.0 Å². The summed E-state index contributed by atoms with van der Waals surface area (Å²) in [7, 11) is 0. The molecule has 0 atom stereocenters. The number of carboxylic acids is 1. The molecule has 5 nitrogen and oxygen atoms in total. The van der Waals surface area contributed by atoms with Crippen molar-refractivity contribution in [2.24, 2.45) is 5.92 Å². The lowest BCUT2D eigenvalue weighted by molar-refractivity contribution is 0.0692. The number of nitrogens with one attached hydrogen (secondary N) is 1. The molecule has 1 aromatic heterocycles. The van der Waals surface area contributed by atoms with E-state index in [-0.39, 0.29) is 5.56 Å². The third kappa shape index (κ3) is 5.78. The lowest BCUT2D eigenvalue weighted by atomic mass is 9.89. The highest BCUT2D eigenvalue weighted by Crippen LogP contribution is 2.31. The van der Waals surface area contributed by atoms with Gasteiger partial charge < -0.3 is 10.4 Å². The average Bonchev–Trinajstić information content (AvgIpc) is 2.71. The van der Waals surface area contributed by atoms with Gasteiger partial charge in [0.25, 0.3) is 0 Å². The highest BCUT2D eigenvalue weighted by molar-refractivity contribution is 7.99. The standard InChI is InChI=1S/C20H24ClN3O2S2/c1-27-20-23-17(22-11-13-5-3-2-4-6-13)16(19(25)26)18(24-20)28-12-14-7-9-15(21)10-8-14/h7-10,13H,2-6,11-12H2,1H3,(H,25,26)(H,22,23,24). The molecule has 8 heteroatoms. The van der Waals surface area contributed by atoms with E-state index in [1.165, 1.54) is 55.6 Å². The maximum atomic E-state index is 12.0. The van der Waals surface area contributed by atoms with E-state index in [1.807, 2.05) is 30.5 Å². The first kappa shape index (κ1) is 21.3. The molecule has 3 rings (SSSR count). The molecule has 0 radical (unpaired) electrons. The molecule has 1 heterocycles. The fraction of sp³-hybridized carbons (Fsp3) is 0.450. The Kier molecular flexibility index (Phi) is 7.88. The van der Waals surface area contributed by atoms with Gasteiger partial charge in [0, 0.05) is 17.3 Å². The number of rotatable bonds is 8. The van der Waals surface area contributed by atoms with Crippen LogP contribution in [0.2, 0.25) is 5.02 Å². The van der Waals surface area contributed by atoms with Gasteiger partial charge in [0.1, 0.15) is 16.4 Å². The number of aromatic nitrogens is 2. The highest BCUT2D eigenvalue weighted by atomic mass is 35.5. The first-order valence-corrected chi connectivity index (χ1v) is 12.0. The second-order valence-electron chi connectivity index (χ2n) is 6.84. The Bertz CT molecular complexity index is 812. The summed E-state index contributed by atoms with van der Waals surface area (Å²) >= 11 is 8.77. The van der Waals surface area contributed by atoms with Crippen molar-refractivity contribution >= 4 is 46.9 Å². The smallest absolute Gasteiger partial charge is 0.342 e. The molecule has 0 bridgehead atoms. The van der Waals surface area contributed by atoms with Gasteiger partial charge in [-0.05, 0) is 42.7 Å². The van der Waals surface area contributed by atoms with Crippen LogP contribution in [0, 0.1) is 5.92 Å². The second-order valence-corrected chi connectivity index (χ2v) is 9.02. The van der Waals surface area contributed by atoms with Crippen molar-refractivity contribution in [3.05, 3.63) is 40.4 Å². The Labute approximate surface area is 179 Å². The summed E-state index contributed by atoms with van der Waals surface area (Å²) in [5.74, 6) is 0.617. The molecule has 1 saturated carbocycles. The lowest BCUT2D eigenvalue weighted by Gasteiger charge is -2.22. The molecule has 0 unspecified atom stereocenters. The van der Waals surface area contributed by atoms with E-state index in [2.05, 4.69) is 15.3 Å². The average molecular weight is 438 g/mol. The Morgan fingerprint density at radius 3 is 2.57 bits per heavy atom. The number of aromatic carboxylic acids is 1. The van der Waals surface area contributed by atoms with E-state index in [0.29, 0.717) is 32.7 Å². The number of carboxylic acid groups (broad SMARTS) is 1. The molecule has 0 amide bonds. The number of carbonyl (C=O) groups is 1. The Hall–Kier alpha value is -1.44. The van der Waals surface area contributed by atoms with Crippen LogP contribution in [0.4, 0.5) is 5.82 Å². The summed E-state index contributed by atoms with van der Waals surface area (Å²) in [6.07, 6.45) is 8.07. The molecular formula is C20H24ClN3O2S2. The van der Waals surface area contributed by atoms with Crippen LogP contribution in [0.3, 0.4) is 0 Å². The number of anilines is 1. The van der Waals surface area contributed by atoms with Crippen LogP contribution in [-0.4, -0.2) is 33.8 Å². The van der Waals surface area contributed by atoms with Crippen LogP contribution in [0.5, 0.6) is 0 Å². The third-order valence-electron chi connectivity index (χ3n) is 4.82. The first-order valence-electron chi connectivity index (χ1n) is 9.37. The SMILES string of the molecule is CSc1nc(NCC2CCCCC2)c(C(=O)O)c(SCc2ccc(Cl)cc2)n1. The fourth-order valence-corrected chi connectivity index (χ4v) is 4.83. The van der Waals surface area contributed by atoms with Gasteiger partial charge in [0.2, 0.25) is 0 Å². The minimum atomic E-state index is -1.00. The van der Waals surface area contributed by atoms with E-state index in [4.69, 9.17) is 11.6 Å². The minimum absolute atomic E-state index is 0.160. The second kappa shape index (κ2) is 10.4. The summed E-state index contributed by atoms with van der Waals surface area (Å²) in [6.45, 7) is 0.756. The zero-order valence-electron chi connectivity index (χ0n) is 15.8. The van der Waals surface area contributed by atoms with Crippen LogP contribution < -0.4 is 5.32 Å². The van der Waals surface area contributed by atoms with Gasteiger partial charge in [-0.2, -0.15) is 0 Å². The van der Waals surface area contributed by atoms with Gasteiger partial charge in [-0.15, -0.1) is 11.8 Å². The number of hydrogen-bond acceptors (Lipinski definition) is 6. The molecule has 0 aliphatic heterocycles. The molecule has 0 saturated heterocycles. The van der Waals surface area contributed by atoms with E-state index in [0.717, 1.165) is 12.1 Å². The molecule has 2 N–H and O–H groups in total. The monoisotopic (exact) mass is 437 g/mol. The van der Waals surface area contributed by atoms with Crippen LogP contribution in [0.15, 0.2) is 34.4 Å². The lowest BCUT2D eigenvalue weighted by Crippen LogP contribution is -2.20. The maximum Gasteiger partial charge on any atom is 0.342 e. The van der Waals surface area contributed by atoms with Gasteiger partial charge in [-0.3, -0.25) is 0 Å². The van der Waals surface area contributed by atoms with Crippen LogP contribution in [-0.2, 0) is 5.75 Å². The van der Waals surface area contributed by atoms with E-state index >= 15 is 0 Å². The maximum absolute atomic E-state index is 12.0.